The van der Waals surface area contributed by atoms with E-state index in [1.165, 1.54) is 43.7 Å². The summed E-state index contributed by atoms with van der Waals surface area (Å²) in [5.74, 6) is -1.90. The van der Waals surface area contributed by atoms with Crippen LogP contribution in [0, 0.1) is 5.82 Å². The third-order valence-corrected chi connectivity index (χ3v) is 4.62. The fraction of sp³-hybridized carbons (Fsp3) is 0.0833. The number of amides is 2. The molecule has 0 atom stereocenters. The number of nitrogens with zero attached hydrogens (tertiary/aromatic N) is 1. The molecule has 0 bridgehead atoms. The van der Waals surface area contributed by atoms with Crippen LogP contribution in [0.15, 0.2) is 71.8 Å². The summed E-state index contributed by atoms with van der Waals surface area (Å²) in [4.78, 5) is 36.1. The van der Waals surface area contributed by atoms with E-state index in [0.29, 0.717) is 16.1 Å². The van der Waals surface area contributed by atoms with Gasteiger partial charge in [0.15, 0.2) is 11.5 Å². The largest absolute Gasteiger partial charge is 0.493 e. The topological polar surface area (TPSA) is 106 Å². The number of hydrogen-bond acceptors (Lipinski definition) is 6. The number of carbonyl (C=O) groups excluding carboxylic acids is 3. The van der Waals surface area contributed by atoms with Gasteiger partial charge in [-0.05, 0) is 66.2 Å². The molecular formula is C24H19ClFN3O5. The first kappa shape index (κ1) is 24.4. The van der Waals surface area contributed by atoms with E-state index in [0.717, 1.165) is 6.07 Å². The Bertz CT molecular complexity index is 1230. The zero-order valence-electron chi connectivity index (χ0n) is 17.9. The molecule has 0 spiro atoms. The molecule has 0 saturated heterocycles. The molecule has 0 aliphatic rings. The summed E-state index contributed by atoms with van der Waals surface area (Å²) in [7, 11) is 1.39. The van der Waals surface area contributed by atoms with E-state index < -0.39 is 23.6 Å². The fourth-order valence-corrected chi connectivity index (χ4v) is 2.83. The van der Waals surface area contributed by atoms with Gasteiger partial charge in [-0.15, -0.1) is 0 Å². The lowest BCUT2D eigenvalue weighted by molar-refractivity contribution is -0.120. The van der Waals surface area contributed by atoms with Gasteiger partial charge in [-0.2, -0.15) is 5.10 Å². The van der Waals surface area contributed by atoms with Crippen LogP contribution < -0.4 is 20.2 Å². The number of methoxy groups -OCH3 is 1. The van der Waals surface area contributed by atoms with Crippen molar-refractivity contribution >= 4 is 35.6 Å². The van der Waals surface area contributed by atoms with Crippen molar-refractivity contribution in [1.29, 1.82) is 0 Å². The van der Waals surface area contributed by atoms with Crippen LogP contribution in [-0.4, -0.2) is 37.7 Å². The first-order chi connectivity index (χ1) is 16.4. The summed E-state index contributed by atoms with van der Waals surface area (Å²) < 4.78 is 23.8. The van der Waals surface area contributed by atoms with Crippen LogP contribution in [0.2, 0.25) is 5.02 Å². The van der Waals surface area contributed by atoms with Gasteiger partial charge in [-0.1, -0.05) is 17.7 Å². The van der Waals surface area contributed by atoms with Gasteiger partial charge in [0.2, 0.25) is 0 Å². The maximum atomic E-state index is 13.3. The van der Waals surface area contributed by atoms with Crippen LogP contribution in [0.25, 0.3) is 0 Å². The molecule has 3 rings (SSSR count). The van der Waals surface area contributed by atoms with Crippen LogP contribution in [0.5, 0.6) is 11.5 Å². The normalized spacial score (nSPS) is 10.6. The molecule has 0 unspecified atom stereocenters. The molecule has 2 amide bonds. The van der Waals surface area contributed by atoms with Gasteiger partial charge >= 0.3 is 5.97 Å². The van der Waals surface area contributed by atoms with Gasteiger partial charge in [-0.3, -0.25) is 9.59 Å². The highest BCUT2D eigenvalue weighted by molar-refractivity contribution is 6.30. The summed E-state index contributed by atoms with van der Waals surface area (Å²) in [6, 6.07) is 15.9. The van der Waals surface area contributed by atoms with Gasteiger partial charge in [0.1, 0.15) is 5.82 Å². The average Bonchev–Trinajstić information content (AvgIpc) is 2.83. The number of rotatable bonds is 8. The summed E-state index contributed by atoms with van der Waals surface area (Å²) in [5, 5.41) is 6.79. The number of carbonyl (C=O) groups is 3. The second-order valence-corrected chi connectivity index (χ2v) is 7.23. The third-order valence-electron chi connectivity index (χ3n) is 4.37. The highest BCUT2D eigenvalue weighted by Crippen LogP contribution is 2.28. The molecule has 174 valence electrons. The zero-order valence-corrected chi connectivity index (χ0v) is 18.6. The molecule has 0 radical (unpaired) electrons. The maximum absolute atomic E-state index is 13.3. The van der Waals surface area contributed by atoms with E-state index in [9.17, 15) is 18.8 Å². The average molecular weight is 484 g/mol. The lowest BCUT2D eigenvalue weighted by Crippen LogP contribution is -2.34. The van der Waals surface area contributed by atoms with Crippen LogP contribution in [0.1, 0.15) is 26.3 Å². The predicted octanol–water partition coefficient (Wildman–Crippen LogP) is 3.59. The van der Waals surface area contributed by atoms with E-state index in [1.54, 1.807) is 30.3 Å². The van der Waals surface area contributed by atoms with E-state index >= 15 is 0 Å². The van der Waals surface area contributed by atoms with Gasteiger partial charge < -0.3 is 14.8 Å². The van der Waals surface area contributed by atoms with Crippen LogP contribution in [0.4, 0.5) is 4.39 Å². The van der Waals surface area contributed by atoms with Crippen molar-refractivity contribution in [2.75, 3.05) is 13.7 Å². The molecule has 10 heteroatoms. The number of hydrazone groups is 1. The third kappa shape index (κ3) is 6.88. The Kier molecular flexibility index (Phi) is 8.31. The monoisotopic (exact) mass is 483 g/mol. The molecule has 0 saturated carbocycles. The quantitative estimate of drug-likeness (QED) is 0.220. The molecule has 0 aliphatic heterocycles. The van der Waals surface area contributed by atoms with Crippen molar-refractivity contribution in [3.05, 3.63) is 94.3 Å². The Morgan fingerprint density at radius 2 is 1.76 bits per heavy atom. The molecule has 8 nitrogen and oxygen atoms in total. The molecule has 0 aliphatic carbocycles. The zero-order chi connectivity index (χ0) is 24.5. The highest BCUT2D eigenvalue weighted by atomic mass is 35.5. The Labute approximate surface area is 199 Å². The second-order valence-electron chi connectivity index (χ2n) is 6.79. The van der Waals surface area contributed by atoms with Gasteiger partial charge in [0.25, 0.3) is 11.8 Å². The standard InChI is InChI=1S/C24H19ClFN3O5/c1-33-21-11-15(5-10-20(21)34-24(32)17-3-2-4-19(26)12-17)13-28-29-22(30)14-27-23(31)16-6-8-18(25)9-7-16/h2-13H,14H2,1H3,(H,27,31)(H,29,30)/b28-13-. The fourth-order valence-electron chi connectivity index (χ4n) is 2.71. The minimum absolute atomic E-state index is 0.0542. The van der Waals surface area contributed by atoms with E-state index in [4.69, 9.17) is 21.1 Å². The van der Waals surface area contributed by atoms with Gasteiger partial charge in [0, 0.05) is 10.6 Å². The Morgan fingerprint density at radius 1 is 1.00 bits per heavy atom. The number of benzene rings is 3. The lowest BCUT2D eigenvalue weighted by atomic mass is 10.2. The number of hydrogen-bond donors (Lipinski definition) is 2. The molecule has 0 aromatic heterocycles. The molecule has 0 fully saturated rings. The summed E-state index contributed by atoms with van der Waals surface area (Å²) in [5.41, 5.74) is 3.25. The Morgan fingerprint density at radius 3 is 2.47 bits per heavy atom. The van der Waals surface area contributed by atoms with Crippen molar-refractivity contribution in [2.24, 2.45) is 5.10 Å². The highest BCUT2D eigenvalue weighted by Gasteiger charge is 2.13. The van der Waals surface area contributed by atoms with Crippen LogP contribution >= 0.6 is 11.6 Å². The molecule has 3 aromatic rings. The maximum Gasteiger partial charge on any atom is 0.343 e. The molecule has 0 heterocycles. The molecule has 34 heavy (non-hydrogen) atoms. The van der Waals surface area contributed by atoms with Crippen LogP contribution in [-0.2, 0) is 4.79 Å². The van der Waals surface area contributed by atoms with E-state index in [2.05, 4.69) is 15.8 Å². The molecule has 3 aromatic carbocycles. The van der Waals surface area contributed by atoms with E-state index in [1.807, 2.05) is 0 Å². The Hall–Kier alpha value is -4.24. The number of nitrogens with one attached hydrogen (secondary N) is 2. The van der Waals surface area contributed by atoms with Crippen LogP contribution in [0.3, 0.4) is 0 Å². The van der Waals surface area contributed by atoms with Crippen molar-refractivity contribution in [3.8, 4) is 11.5 Å². The summed E-state index contributed by atoms with van der Waals surface area (Å²) in [6.07, 6.45) is 1.35. The van der Waals surface area contributed by atoms with Gasteiger partial charge in [0.05, 0.1) is 25.4 Å². The van der Waals surface area contributed by atoms with Crippen molar-refractivity contribution in [2.45, 2.75) is 0 Å². The minimum Gasteiger partial charge on any atom is -0.493 e. The van der Waals surface area contributed by atoms with Crippen molar-refractivity contribution in [1.82, 2.24) is 10.7 Å². The first-order valence-corrected chi connectivity index (χ1v) is 10.2. The first-order valence-electron chi connectivity index (χ1n) is 9.87. The number of ether oxygens (including phenoxy) is 2. The van der Waals surface area contributed by atoms with Crippen molar-refractivity contribution < 1.29 is 28.2 Å². The number of esters is 1. The lowest BCUT2D eigenvalue weighted by Gasteiger charge is -2.10. The van der Waals surface area contributed by atoms with Crippen molar-refractivity contribution in [3.63, 3.8) is 0 Å². The Balaban J connectivity index is 1.54. The minimum atomic E-state index is -0.743. The summed E-state index contributed by atoms with van der Waals surface area (Å²) in [6.45, 7) is -0.281. The van der Waals surface area contributed by atoms with E-state index in [-0.39, 0.29) is 23.6 Å². The van der Waals surface area contributed by atoms with Gasteiger partial charge in [-0.25, -0.2) is 14.6 Å². The molecular weight excluding hydrogens is 465 g/mol. The summed E-state index contributed by atoms with van der Waals surface area (Å²) >= 11 is 5.78. The molecule has 2 N–H and O–H groups in total. The smallest absolute Gasteiger partial charge is 0.343 e. The predicted molar refractivity (Wildman–Crippen MR) is 124 cm³/mol. The number of halogens is 2. The second kappa shape index (κ2) is 11.6. The SMILES string of the molecule is COc1cc(/C=N\NC(=O)CNC(=O)c2ccc(Cl)cc2)ccc1OC(=O)c1cccc(F)c1.